The van der Waals surface area contributed by atoms with Gasteiger partial charge in [0.15, 0.2) is 0 Å². The van der Waals surface area contributed by atoms with Crippen LogP contribution in [0.2, 0.25) is 0 Å². The Hall–Kier alpha value is -1.56. The van der Waals surface area contributed by atoms with Gasteiger partial charge in [0, 0.05) is 24.1 Å². The van der Waals surface area contributed by atoms with Crippen LogP contribution in [0.25, 0.3) is 0 Å². The van der Waals surface area contributed by atoms with Crippen LogP contribution in [0.3, 0.4) is 0 Å². The minimum Gasteiger partial charge on any atom is -0.399 e. The van der Waals surface area contributed by atoms with Crippen molar-refractivity contribution in [3.8, 4) is 0 Å². The van der Waals surface area contributed by atoms with E-state index in [1.807, 2.05) is 0 Å². The molecule has 0 radical (unpaired) electrons. The molecule has 2 amide bonds. The Bertz CT molecular complexity index is 492. The monoisotopic (exact) mass is 254 g/mol. The SMILES string of the molecule is CN1C(=O)CC(Sc2ccc(N)cc2F)C1=O. The van der Waals surface area contributed by atoms with Gasteiger partial charge in [-0.05, 0) is 18.2 Å². The molecule has 0 aliphatic carbocycles. The van der Waals surface area contributed by atoms with Gasteiger partial charge in [-0.3, -0.25) is 14.5 Å². The number of halogens is 1. The highest BCUT2D eigenvalue weighted by Gasteiger charge is 2.36. The van der Waals surface area contributed by atoms with E-state index in [1.54, 1.807) is 6.07 Å². The third-order valence-corrected chi connectivity index (χ3v) is 3.80. The number of thioether (sulfide) groups is 1. The van der Waals surface area contributed by atoms with Gasteiger partial charge in [-0.15, -0.1) is 11.8 Å². The van der Waals surface area contributed by atoms with Gasteiger partial charge in [0.1, 0.15) is 5.82 Å². The second kappa shape index (κ2) is 4.37. The number of nitrogen functional groups attached to an aromatic ring is 1. The van der Waals surface area contributed by atoms with Gasteiger partial charge in [-0.1, -0.05) is 0 Å². The average molecular weight is 254 g/mol. The number of hydrogen-bond donors (Lipinski definition) is 1. The largest absolute Gasteiger partial charge is 0.399 e. The van der Waals surface area contributed by atoms with E-state index in [4.69, 9.17) is 5.73 Å². The number of benzene rings is 1. The van der Waals surface area contributed by atoms with Crippen LogP contribution in [0, 0.1) is 5.82 Å². The Morgan fingerprint density at radius 1 is 1.47 bits per heavy atom. The van der Waals surface area contributed by atoms with Crippen molar-refractivity contribution in [3.05, 3.63) is 24.0 Å². The third-order valence-electron chi connectivity index (χ3n) is 2.57. The number of nitrogens with two attached hydrogens (primary N) is 1. The van der Waals surface area contributed by atoms with E-state index in [-0.39, 0.29) is 18.2 Å². The van der Waals surface area contributed by atoms with E-state index in [9.17, 15) is 14.0 Å². The Balaban J connectivity index is 2.17. The molecule has 17 heavy (non-hydrogen) atoms. The van der Waals surface area contributed by atoms with Gasteiger partial charge >= 0.3 is 0 Å². The lowest BCUT2D eigenvalue weighted by molar-refractivity contribution is -0.136. The standard InChI is InChI=1S/C11H11FN2O2S/c1-14-10(15)5-9(11(14)16)17-8-3-2-6(13)4-7(8)12/h2-4,9H,5,13H2,1H3. The molecule has 0 bridgehead atoms. The molecule has 1 aromatic carbocycles. The number of carbonyl (C=O) groups is 2. The van der Waals surface area contributed by atoms with Crippen LogP contribution in [-0.2, 0) is 9.59 Å². The lowest BCUT2D eigenvalue weighted by Crippen LogP contribution is -2.26. The van der Waals surface area contributed by atoms with Crippen molar-refractivity contribution in [3.63, 3.8) is 0 Å². The van der Waals surface area contributed by atoms with E-state index in [0.717, 1.165) is 16.7 Å². The number of rotatable bonds is 2. The summed E-state index contributed by atoms with van der Waals surface area (Å²) < 4.78 is 13.5. The predicted octanol–water partition coefficient (Wildman–Crippen LogP) is 1.26. The van der Waals surface area contributed by atoms with Crippen LogP contribution in [-0.4, -0.2) is 29.0 Å². The molecule has 1 aliphatic rings. The fraction of sp³-hybridized carbons (Fsp3) is 0.273. The molecule has 1 atom stereocenters. The molecule has 1 aliphatic heterocycles. The molecule has 2 rings (SSSR count). The van der Waals surface area contributed by atoms with Crippen molar-refractivity contribution in [1.29, 1.82) is 0 Å². The Morgan fingerprint density at radius 3 is 2.71 bits per heavy atom. The second-order valence-corrected chi connectivity index (χ2v) is 5.04. The summed E-state index contributed by atoms with van der Waals surface area (Å²) in [4.78, 5) is 24.3. The zero-order chi connectivity index (χ0) is 12.6. The van der Waals surface area contributed by atoms with Crippen molar-refractivity contribution in [2.24, 2.45) is 0 Å². The van der Waals surface area contributed by atoms with Gasteiger partial charge in [0.25, 0.3) is 0 Å². The summed E-state index contributed by atoms with van der Waals surface area (Å²) >= 11 is 1.06. The topological polar surface area (TPSA) is 63.4 Å². The van der Waals surface area contributed by atoms with Crippen molar-refractivity contribution >= 4 is 29.3 Å². The smallest absolute Gasteiger partial charge is 0.242 e. The van der Waals surface area contributed by atoms with Crippen LogP contribution < -0.4 is 5.73 Å². The lowest BCUT2D eigenvalue weighted by Gasteiger charge is -2.09. The van der Waals surface area contributed by atoms with Gasteiger partial charge in [0.2, 0.25) is 11.8 Å². The maximum Gasteiger partial charge on any atom is 0.242 e. The van der Waals surface area contributed by atoms with Gasteiger partial charge in [-0.2, -0.15) is 0 Å². The first-order chi connectivity index (χ1) is 7.99. The summed E-state index contributed by atoms with van der Waals surface area (Å²) in [6, 6.07) is 4.29. The molecule has 1 heterocycles. The van der Waals surface area contributed by atoms with E-state index >= 15 is 0 Å². The molecule has 6 heteroatoms. The molecule has 1 unspecified atom stereocenters. The fourth-order valence-electron chi connectivity index (χ4n) is 1.58. The number of carbonyl (C=O) groups excluding carboxylic acids is 2. The number of anilines is 1. The zero-order valence-electron chi connectivity index (χ0n) is 9.14. The lowest BCUT2D eigenvalue weighted by atomic mass is 10.3. The minimum atomic E-state index is -0.536. The molecule has 1 fully saturated rings. The van der Waals surface area contributed by atoms with Crippen LogP contribution >= 0.6 is 11.8 Å². The number of amides is 2. The summed E-state index contributed by atoms with van der Waals surface area (Å²) in [6.07, 6.45) is 0.115. The molecule has 4 nitrogen and oxygen atoms in total. The highest BCUT2D eigenvalue weighted by molar-refractivity contribution is 8.00. The van der Waals surface area contributed by atoms with Crippen LogP contribution in [0.5, 0.6) is 0 Å². The molecule has 0 spiro atoms. The molecule has 1 aromatic rings. The van der Waals surface area contributed by atoms with E-state index in [1.165, 1.54) is 19.2 Å². The van der Waals surface area contributed by atoms with Gasteiger partial charge in [-0.25, -0.2) is 4.39 Å². The molecule has 90 valence electrons. The normalized spacial score (nSPS) is 20.1. The van der Waals surface area contributed by atoms with Gasteiger partial charge < -0.3 is 5.73 Å². The highest BCUT2D eigenvalue weighted by atomic mass is 32.2. The van der Waals surface area contributed by atoms with E-state index in [0.29, 0.717) is 10.6 Å². The van der Waals surface area contributed by atoms with Crippen molar-refractivity contribution < 1.29 is 14.0 Å². The maximum atomic E-state index is 13.5. The van der Waals surface area contributed by atoms with Crippen LogP contribution in [0.15, 0.2) is 23.1 Å². The predicted molar refractivity (Wildman–Crippen MR) is 62.9 cm³/mol. The van der Waals surface area contributed by atoms with E-state index < -0.39 is 11.1 Å². The second-order valence-electron chi connectivity index (χ2n) is 3.79. The Kier molecular flexibility index (Phi) is 3.06. The first-order valence-electron chi connectivity index (χ1n) is 5.01. The third kappa shape index (κ3) is 2.26. The summed E-state index contributed by atoms with van der Waals surface area (Å²) in [7, 11) is 1.44. The number of imide groups is 1. The minimum absolute atomic E-state index is 0.115. The number of likely N-dealkylation sites (tertiary alicyclic amines) is 1. The maximum absolute atomic E-state index is 13.5. The summed E-state index contributed by atoms with van der Waals surface area (Å²) in [5.41, 5.74) is 5.76. The molecule has 2 N–H and O–H groups in total. The van der Waals surface area contributed by atoms with Gasteiger partial charge in [0.05, 0.1) is 5.25 Å². The first kappa shape index (κ1) is 11.9. The number of hydrogen-bond acceptors (Lipinski definition) is 4. The van der Waals surface area contributed by atoms with Crippen LogP contribution in [0.1, 0.15) is 6.42 Å². The van der Waals surface area contributed by atoms with Crippen molar-refractivity contribution in [2.75, 3.05) is 12.8 Å². The number of nitrogens with zero attached hydrogens (tertiary/aromatic N) is 1. The summed E-state index contributed by atoms with van der Waals surface area (Å²) in [5.74, 6) is -0.982. The molecular formula is C11H11FN2O2S. The molecule has 0 saturated carbocycles. The first-order valence-corrected chi connectivity index (χ1v) is 5.89. The molecule has 1 saturated heterocycles. The fourth-order valence-corrected chi connectivity index (χ4v) is 2.69. The Morgan fingerprint density at radius 2 is 2.18 bits per heavy atom. The van der Waals surface area contributed by atoms with Crippen molar-refractivity contribution in [2.45, 2.75) is 16.6 Å². The van der Waals surface area contributed by atoms with Crippen LogP contribution in [0.4, 0.5) is 10.1 Å². The average Bonchev–Trinajstić information content (AvgIpc) is 2.50. The summed E-state index contributed by atoms with van der Waals surface area (Å²) in [6.45, 7) is 0. The molecule has 0 aromatic heterocycles. The quantitative estimate of drug-likeness (QED) is 0.637. The zero-order valence-corrected chi connectivity index (χ0v) is 9.96. The van der Waals surface area contributed by atoms with E-state index in [2.05, 4.69) is 0 Å². The Labute approximate surface area is 102 Å². The molecular weight excluding hydrogens is 243 g/mol. The van der Waals surface area contributed by atoms with Crippen molar-refractivity contribution in [1.82, 2.24) is 4.90 Å². The highest BCUT2D eigenvalue weighted by Crippen LogP contribution is 2.32. The summed E-state index contributed by atoms with van der Waals surface area (Å²) in [5, 5.41) is -0.536.